The lowest BCUT2D eigenvalue weighted by molar-refractivity contribution is 0.0204. The monoisotopic (exact) mass is 523 g/mol. The smallest absolute Gasteiger partial charge is 0.410 e. The van der Waals surface area contributed by atoms with E-state index >= 15 is 0 Å². The van der Waals surface area contributed by atoms with E-state index in [1.165, 1.54) is 22.9 Å². The SMILES string of the molecule is CC(C)(C)OC(=O)N1CCC(c2cnc(Cn3ccc4cc(S(C)(=O)=O)c(F)c(F)c43)c(F)c2)CC1. The molecule has 0 radical (unpaired) electrons. The van der Waals surface area contributed by atoms with Crippen molar-refractivity contribution in [3.63, 3.8) is 0 Å². The van der Waals surface area contributed by atoms with Crippen molar-refractivity contribution in [3.05, 3.63) is 59.3 Å². The highest BCUT2D eigenvalue weighted by molar-refractivity contribution is 7.90. The Bertz CT molecular complexity index is 1420. The Balaban J connectivity index is 1.50. The van der Waals surface area contributed by atoms with Gasteiger partial charge < -0.3 is 14.2 Å². The van der Waals surface area contributed by atoms with E-state index in [1.807, 2.05) is 20.8 Å². The maximum Gasteiger partial charge on any atom is 0.410 e. The van der Waals surface area contributed by atoms with E-state index in [1.54, 1.807) is 11.1 Å². The van der Waals surface area contributed by atoms with Crippen molar-refractivity contribution in [2.75, 3.05) is 19.3 Å². The molecule has 0 spiro atoms. The number of hydrogen-bond donors (Lipinski definition) is 0. The summed E-state index contributed by atoms with van der Waals surface area (Å²) in [5.41, 5.74) is -0.00592. The number of rotatable bonds is 4. The second kappa shape index (κ2) is 9.42. The molecule has 0 atom stereocenters. The minimum Gasteiger partial charge on any atom is -0.444 e. The number of sulfone groups is 1. The van der Waals surface area contributed by atoms with Crippen LogP contribution in [0.25, 0.3) is 10.9 Å². The zero-order chi connectivity index (χ0) is 26.4. The van der Waals surface area contributed by atoms with Gasteiger partial charge in [-0.15, -0.1) is 0 Å². The molecule has 7 nitrogen and oxygen atoms in total. The van der Waals surface area contributed by atoms with Gasteiger partial charge in [-0.05, 0) is 63.3 Å². The molecule has 3 heterocycles. The number of amides is 1. The van der Waals surface area contributed by atoms with Crippen molar-refractivity contribution >= 4 is 26.8 Å². The first-order valence-electron chi connectivity index (χ1n) is 11.5. The lowest BCUT2D eigenvalue weighted by Crippen LogP contribution is -2.41. The number of nitrogens with zero attached hydrogens (tertiary/aromatic N) is 3. The molecule has 0 unspecified atom stereocenters. The fourth-order valence-electron chi connectivity index (χ4n) is 4.38. The molecule has 1 aromatic carbocycles. The van der Waals surface area contributed by atoms with Crippen molar-refractivity contribution in [2.24, 2.45) is 0 Å². The van der Waals surface area contributed by atoms with Crippen molar-refractivity contribution < 1.29 is 31.1 Å². The summed E-state index contributed by atoms with van der Waals surface area (Å²) in [5.74, 6) is -3.34. The van der Waals surface area contributed by atoms with Gasteiger partial charge in [0, 0.05) is 37.1 Å². The van der Waals surface area contributed by atoms with E-state index in [4.69, 9.17) is 4.74 Å². The Morgan fingerprint density at radius 3 is 2.39 bits per heavy atom. The van der Waals surface area contributed by atoms with Crippen molar-refractivity contribution in [1.29, 1.82) is 0 Å². The Labute approximate surface area is 207 Å². The third-order valence-corrected chi connectivity index (χ3v) is 7.27. The quantitative estimate of drug-likeness (QED) is 0.480. The number of benzene rings is 1. The fraction of sp³-hybridized carbons (Fsp3) is 0.440. The molecule has 4 rings (SSSR count). The number of halogens is 3. The molecular formula is C25H28F3N3O4S. The molecule has 3 aromatic rings. The summed E-state index contributed by atoms with van der Waals surface area (Å²) in [4.78, 5) is 17.4. The minimum absolute atomic E-state index is 0.0214. The third-order valence-electron chi connectivity index (χ3n) is 6.17. The van der Waals surface area contributed by atoms with Crippen LogP contribution in [0.1, 0.15) is 50.8 Å². The molecule has 0 bridgehead atoms. The van der Waals surface area contributed by atoms with Crippen LogP contribution in [-0.2, 0) is 21.1 Å². The zero-order valence-corrected chi connectivity index (χ0v) is 21.3. The molecule has 0 aliphatic carbocycles. The van der Waals surface area contributed by atoms with Gasteiger partial charge >= 0.3 is 6.09 Å². The molecule has 0 saturated carbocycles. The topological polar surface area (TPSA) is 81.5 Å². The first-order valence-corrected chi connectivity index (χ1v) is 13.4. The van der Waals surface area contributed by atoms with E-state index < -0.39 is 37.8 Å². The Kier molecular flexibility index (Phi) is 6.80. The van der Waals surface area contributed by atoms with Gasteiger partial charge in [-0.1, -0.05) is 0 Å². The van der Waals surface area contributed by atoms with E-state index in [-0.39, 0.29) is 35.2 Å². The van der Waals surface area contributed by atoms with Crippen molar-refractivity contribution in [1.82, 2.24) is 14.5 Å². The standard InChI is InChI=1S/C25H28F3N3O4S/c1-25(2,3)35-24(32)30-8-5-15(6-9-30)17-11-18(26)19(29-13-17)14-31-10-7-16-12-20(36(4,33)34)21(27)22(28)23(16)31/h7,10-13,15H,5-6,8-9,14H2,1-4H3. The maximum absolute atomic E-state index is 15.0. The van der Waals surface area contributed by atoms with Crippen LogP contribution in [0.4, 0.5) is 18.0 Å². The average Bonchev–Trinajstić information content (AvgIpc) is 3.18. The first-order chi connectivity index (χ1) is 16.7. The third kappa shape index (κ3) is 5.35. The highest BCUT2D eigenvalue weighted by Gasteiger charge is 2.28. The summed E-state index contributed by atoms with van der Waals surface area (Å²) >= 11 is 0. The van der Waals surface area contributed by atoms with Crippen molar-refractivity contribution in [3.8, 4) is 0 Å². The van der Waals surface area contributed by atoms with E-state index in [9.17, 15) is 26.4 Å². The predicted molar refractivity (Wildman–Crippen MR) is 128 cm³/mol. The van der Waals surface area contributed by atoms with Crippen LogP contribution < -0.4 is 0 Å². The lowest BCUT2D eigenvalue weighted by Gasteiger charge is -2.33. The van der Waals surface area contributed by atoms with E-state index in [0.29, 0.717) is 31.5 Å². The van der Waals surface area contributed by atoms with Gasteiger partial charge in [0.05, 0.1) is 17.8 Å². The van der Waals surface area contributed by atoms with Crippen LogP contribution in [0.2, 0.25) is 0 Å². The van der Waals surface area contributed by atoms with Crippen molar-refractivity contribution in [2.45, 2.75) is 56.6 Å². The number of hydrogen-bond acceptors (Lipinski definition) is 5. The number of ether oxygens (including phenoxy) is 1. The largest absolute Gasteiger partial charge is 0.444 e. The molecule has 1 fully saturated rings. The first kappa shape index (κ1) is 26.0. The number of piperidine rings is 1. The highest BCUT2D eigenvalue weighted by atomic mass is 32.2. The summed E-state index contributed by atoms with van der Waals surface area (Å²) in [5, 5.41) is 0.183. The maximum atomic E-state index is 15.0. The molecule has 11 heteroatoms. The second-order valence-electron chi connectivity index (χ2n) is 10.1. The number of carbonyl (C=O) groups excluding carboxylic acids is 1. The Morgan fingerprint density at radius 2 is 1.81 bits per heavy atom. The van der Waals surface area contributed by atoms with Crippen LogP contribution in [0.3, 0.4) is 0 Å². The molecule has 194 valence electrons. The molecule has 1 aliphatic heterocycles. The normalized spacial score (nSPS) is 15.5. The van der Waals surface area contributed by atoms with Crippen LogP contribution in [0.15, 0.2) is 35.5 Å². The fourth-order valence-corrected chi connectivity index (χ4v) is 5.14. The highest BCUT2D eigenvalue weighted by Crippen LogP contribution is 2.31. The number of fused-ring (bicyclic) bond motifs is 1. The van der Waals surface area contributed by atoms with Crippen LogP contribution in [0.5, 0.6) is 0 Å². The summed E-state index contributed by atoms with van der Waals surface area (Å²) in [6, 6.07) is 3.90. The zero-order valence-electron chi connectivity index (χ0n) is 20.5. The molecule has 1 amide bonds. The molecule has 1 saturated heterocycles. The van der Waals surface area contributed by atoms with E-state index in [0.717, 1.165) is 12.3 Å². The van der Waals surface area contributed by atoms with Crippen LogP contribution >= 0.6 is 0 Å². The molecule has 0 N–H and O–H groups in total. The van der Waals surface area contributed by atoms with Gasteiger partial charge in [-0.3, -0.25) is 4.98 Å². The Morgan fingerprint density at radius 1 is 1.14 bits per heavy atom. The summed E-state index contributed by atoms with van der Waals surface area (Å²) < 4.78 is 74.4. The van der Waals surface area contributed by atoms with E-state index in [2.05, 4.69) is 4.98 Å². The van der Waals surface area contributed by atoms with Gasteiger partial charge in [0.2, 0.25) is 0 Å². The number of pyridine rings is 1. The molecule has 2 aromatic heterocycles. The summed E-state index contributed by atoms with van der Waals surface area (Å²) in [6.07, 6.45) is 4.70. The van der Waals surface area contributed by atoms with Gasteiger partial charge in [0.25, 0.3) is 0 Å². The van der Waals surface area contributed by atoms with Gasteiger partial charge in [-0.2, -0.15) is 0 Å². The molecule has 36 heavy (non-hydrogen) atoms. The minimum atomic E-state index is -3.96. The van der Waals surface area contributed by atoms with Crippen LogP contribution in [0, 0.1) is 17.5 Å². The Hall–Kier alpha value is -3.08. The van der Waals surface area contributed by atoms with Gasteiger partial charge in [0.15, 0.2) is 21.5 Å². The number of likely N-dealkylation sites (tertiary alicyclic amines) is 1. The second-order valence-corrected chi connectivity index (χ2v) is 12.1. The average molecular weight is 524 g/mol. The van der Waals surface area contributed by atoms with Gasteiger partial charge in [0.1, 0.15) is 16.3 Å². The molecule has 1 aliphatic rings. The predicted octanol–water partition coefficient (Wildman–Crippen LogP) is 5.02. The number of aromatic nitrogens is 2. The summed E-state index contributed by atoms with van der Waals surface area (Å²) in [6.45, 7) is 6.23. The number of carbonyl (C=O) groups is 1. The lowest BCUT2D eigenvalue weighted by atomic mass is 9.90. The van der Waals surface area contributed by atoms with Crippen LogP contribution in [-0.4, -0.2) is 53.9 Å². The van der Waals surface area contributed by atoms with Gasteiger partial charge in [-0.25, -0.2) is 26.4 Å². The summed E-state index contributed by atoms with van der Waals surface area (Å²) in [7, 11) is -3.96. The molecular weight excluding hydrogens is 495 g/mol.